The second-order valence-electron chi connectivity index (χ2n) is 3.46. The number of allylic oxidation sites excluding steroid dienone is 1. The normalized spacial score (nSPS) is 9.75. The van der Waals surface area contributed by atoms with Gasteiger partial charge in [0.2, 0.25) is 0 Å². The third-order valence-corrected chi connectivity index (χ3v) is 2.38. The lowest BCUT2D eigenvalue weighted by molar-refractivity contribution is 0.105. The van der Waals surface area contributed by atoms with Crippen molar-refractivity contribution in [3.05, 3.63) is 78.4 Å². The summed E-state index contributed by atoms with van der Waals surface area (Å²) in [6, 6.07) is 19.3. The molecule has 0 aromatic heterocycles. The van der Waals surface area contributed by atoms with Crippen LogP contribution in [0.15, 0.2) is 61.2 Å². The van der Waals surface area contributed by atoms with E-state index in [4.69, 9.17) is 0 Å². The maximum absolute atomic E-state index is 12.0. The molecule has 0 saturated carbocycles. The Morgan fingerprint density at radius 3 is 2.19 bits per heavy atom. The van der Waals surface area contributed by atoms with Crippen LogP contribution in [0.3, 0.4) is 0 Å². The molecule has 0 aliphatic carbocycles. The first-order chi connectivity index (χ1) is 7.79. The van der Waals surface area contributed by atoms with Crippen LogP contribution in [0.25, 0.3) is 5.57 Å². The summed E-state index contributed by atoms with van der Waals surface area (Å²) < 4.78 is 0. The van der Waals surface area contributed by atoms with Crippen molar-refractivity contribution in [1.29, 1.82) is 0 Å². The van der Waals surface area contributed by atoms with Gasteiger partial charge in [0.1, 0.15) is 0 Å². The maximum Gasteiger partial charge on any atom is 0.193 e. The highest BCUT2D eigenvalue weighted by Crippen LogP contribution is 2.17. The minimum absolute atomic E-state index is 0.0415. The number of benzene rings is 2. The Morgan fingerprint density at radius 2 is 1.56 bits per heavy atom. The van der Waals surface area contributed by atoms with Gasteiger partial charge in [0, 0.05) is 11.1 Å². The Balaban J connectivity index is 2.28. The van der Waals surface area contributed by atoms with Gasteiger partial charge in [0.25, 0.3) is 0 Å². The summed E-state index contributed by atoms with van der Waals surface area (Å²) in [7, 11) is 0. The minimum atomic E-state index is -0.0415. The van der Waals surface area contributed by atoms with Crippen LogP contribution in [0.4, 0.5) is 0 Å². The summed E-state index contributed by atoms with van der Waals surface area (Å²) in [5.41, 5.74) is 2.03. The zero-order valence-electron chi connectivity index (χ0n) is 8.81. The van der Waals surface area contributed by atoms with E-state index >= 15 is 0 Å². The summed E-state index contributed by atoms with van der Waals surface area (Å²) in [6.07, 6.45) is 0. The van der Waals surface area contributed by atoms with Crippen molar-refractivity contribution in [3.63, 3.8) is 0 Å². The highest BCUT2D eigenvalue weighted by Gasteiger charge is 2.10. The largest absolute Gasteiger partial charge is 0.289 e. The molecule has 2 aromatic rings. The molecule has 2 aromatic carbocycles. The maximum atomic E-state index is 12.0. The average molecular weight is 207 g/mol. The van der Waals surface area contributed by atoms with Crippen LogP contribution in [-0.2, 0) is 0 Å². The van der Waals surface area contributed by atoms with Gasteiger partial charge in [-0.3, -0.25) is 4.79 Å². The van der Waals surface area contributed by atoms with Crippen LogP contribution >= 0.6 is 0 Å². The lowest BCUT2D eigenvalue weighted by atomic mass is 9.98. The molecule has 1 heteroatoms. The monoisotopic (exact) mass is 207 g/mol. The summed E-state index contributed by atoms with van der Waals surface area (Å²) in [5, 5.41) is 0. The number of Topliss-reactive ketones (excluding diaryl/α,β-unsaturated/α-hetero) is 1. The van der Waals surface area contributed by atoms with E-state index in [0.717, 1.165) is 5.56 Å². The fraction of sp³-hybridized carbons (Fsp3) is 0. The van der Waals surface area contributed by atoms with Crippen LogP contribution in [-0.4, -0.2) is 5.78 Å². The molecule has 16 heavy (non-hydrogen) atoms. The Kier molecular flexibility index (Phi) is 2.97. The van der Waals surface area contributed by atoms with Gasteiger partial charge in [0.05, 0.1) is 0 Å². The summed E-state index contributed by atoms with van der Waals surface area (Å²) in [5.74, 6) is -0.0415. The molecule has 2 rings (SSSR count). The zero-order chi connectivity index (χ0) is 11.4. The molecular formula is C15H11O. The number of rotatable bonds is 3. The van der Waals surface area contributed by atoms with Gasteiger partial charge in [-0.25, -0.2) is 0 Å². The van der Waals surface area contributed by atoms with E-state index < -0.39 is 0 Å². The molecule has 1 radical (unpaired) electrons. The van der Waals surface area contributed by atoms with Crippen LogP contribution in [0.1, 0.15) is 15.9 Å². The number of hydrogen-bond donors (Lipinski definition) is 0. The minimum Gasteiger partial charge on any atom is -0.289 e. The van der Waals surface area contributed by atoms with Crippen LogP contribution in [0.5, 0.6) is 0 Å². The molecule has 1 nitrogen and oxygen atoms in total. The van der Waals surface area contributed by atoms with Gasteiger partial charge in [-0.2, -0.15) is 0 Å². The summed E-state index contributed by atoms with van der Waals surface area (Å²) in [4.78, 5) is 12.0. The van der Waals surface area contributed by atoms with Gasteiger partial charge >= 0.3 is 0 Å². The SMILES string of the molecule is C=C(C(=O)c1cc[c]cc1)c1ccccc1. The molecule has 0 aliphatic rings. The highest BCUT2D eigenvalue weighted by molar-refractivity contribution is 6.28. The molecule has 0 fully saturated rings. The van der Waals surface area contributed by atoms with Crippen LogP contribution in [0.2, 0.25) is 0 Å². The van der Waals surface area contributed by atoms with Crippen molar-refractivity contribution in [2.45, 2.75) is 0 Å². The smallest absolute Gasteiger partial charge is 0.193 e. The fourth-order valence-corrected chi connectivity index (χ4v) is 1.48. The van der Waals surface area contributed by atoms with E-state index in [1.165, 1.54) is 0 Å². The first-order valence-electron chi connectivity index (χ1n) is 5.04. The van der Waals surface area contributed by atoms with E-state index in [-0.39, 0.29) is 5.78 Å². The number of carbonyl (C=O) groups is 1. The molecule has 77 valence electrons. The molecule has 0 atom stereocenters. The highest BCUT2D eigenvalue weighted by atomic mass is 16.1. The van der Waals surface area contributed by atoms with E-state index in [2.05, 4.69) is 12.6 Å². The molecule has 0 bridgehead atoms. The van der Waals surface area contributed by atoms with E-state index in [1.54, 1.807) is 24.3 Å². The second-order valence-corrected chi connectivity index (χ2v) is 3.46. The Morgan fingerprint density at radius 1 is 0.938 bits per heavy atom. The number of carbonyl (C=O) groups excluding carboxylic acids is 1. The van der Waals surface area contributed by atoms with E-state index in [1.807, 2.05) is 30.3 Å². The molecular weight excluding hydrogens is 196 g/mol. The summed E-state index contributed by atoms with van der Waals surface area (Å²) in [6.45, 7) is 3.84. The lowest BCUT2D eigenvalue weighted by Crippen LogP contribution is -2.01. The van der Waals surface area contributed by atoms with E-state index in [0.29, 0.717) is 11.1 Å². The second kappa shape index (κ2) is 4.58. The lowest BCUT2D eigenvalue weighted by Gasteiger charge is -2.04. The third-order valence-electron chi connectivity index (χ3n) is 2.38. The molecule has 0 N–H and O–H groups in total. The van der Waals surface area contributed by atoms with Crippen LogP contribution < -0.4 is 0 Å². The Labute approximate surface area is 95.1 Å². The predicted molar refractivity (Wildman–Crippen MR) is 65.1 cm³/mol. The van der Waals surface area contributed by atoms with Crippen molar-refractivity contribution in [2.75, 3.05) is 0 Å². The quantitative estimate of drug-likeness (QED) is 0.557. The number of ketones is 1. The van der Waals surface area contributed by atoms with Crippen molar-refractivity contribution in [3.8, 4) is 0 Å². The van der Waals surface area contributed by atoms with Gasteiger partial charge in [0.15, 0.2) is 5.78 Å². The molecule has 0 saturated heterocycles. The zero-order valence-corrected chi connectivity index (χ0v) is 8.81. The van der Waals surface area contributed by atoms with Crippen LogP contribution in [0, 0.1) is 6.07 Å². The average Bonchev–Trinajstić information content (AvgIpc) is 2.39. The number of hydrogen-bond acceptors (Lipinski definition) is 1. The van der Waals surface area contributed by atoms with E-state index in [9.17, 15) is 4.79 Å². The predicted octanol–water partition coefficient (Wildman–Crippen LogP) is 3.38. The third kappa shape index (κ3) is 2.09. The van der Waals surface area contributed by atoms with Gasteiger partial charge in [-0.15, -0.1) is 0 Å². The Bertz CT molecular complexity index is 448. The fourth-order valence-electron chi connectivity index (χ4n) is 1.48. The van der Waals surface area contributed by atoms with Crippen molar-refractivity contribution in [2.24, 2.45) is 0 Å². The summed E-state index contributed by atoms with van der Waals surface area (Å²) >= 11 is 0. The van der Waals surface area contributed by atoms with Crippen molar-refractivity contribution in [1.82, 2.24) is 0 Å². The molecule has 0 heterocycles. The molecule has 0 unspecified atom stereocenters. The first kappa shape index (κ1) is 10.4. The topological polar surface area (TPSA) is 17.1 Å². The molecule has 0 amide bonds. The standard InChI is InChI=1S/C15H11O/c1-12(13-8-4-2-5-9-13)15(16)14-10-6-3-7-11-14/h2,4-11H,1H2. The molecule has 0 spiro atoms. The molecule has 0 aliphatic heterocycles. The Hall–Kier alpha value is -2.15. The van der Waals surface area contributed by atoms with Gasteiger partial charge in [-0.1, -0.05) is 61.2 Å². The van der Waals surface area contributed by atoms with Crippen molar-refractivity contribution >= 4 is 11.4 Å². The first-order valence-corrected chi connectivity index (χ1v) is 5.04. The van der Waals surface area contributed by atoms with Crippen molar-refractivity contribution < 1.29 is 4.79 Å². The van der Waals surface area contributed by atoms with Gasteiger partial charge in [-0.05, 0) is 11.6 Å². The van der Waals surface area contributed by atoms with Gasteiger partial charge < -0.3 is 0 Å².